The Morgan fingerprint density at radius 3 is 2.44 bits per heavy atom. The van der Waals surface area contributed by atoms with Gasteiger partial charge in [0.2, 0.25) is 5.91 Å². The SMILES string of the molecule is CCNC(=O)[C@H](Cc1ccccc1)N(Cc1cccc(C)c1)C(=O)COc1ccc(Br)cc1Cl. The molecular weight excluding hydrogens is 516 g/mol. The number of nitrogens with zero attached hydrogens (tertiary/aromatic N) is 1. The van der Waals surface area contributed by atoms with Gasteiger partial charge in [-0.3, -0.25) is 9.59 Å². The van der Waals surface area contributed by atoms with Crippen molar-refractivity contribution in [1.29, 1.82) is 0 Å². The lowest BCUT2D eigenvalue weighted by molar-refractivity contribution is -0.142. The van der Waals surface area contributed by atoms with Gasteiger partial charge in [0, 0.05) is 24.0 Å². The van der Waals surface area contributed by atoms with Gasteiger partial charge < -0.3 is 15.0 Å². The number of hydrogen-bond donors (Lipinski definition) is 1. The number of rotatable bonds is 10. The van der Waals surface area contributed by atoms with E-state index in [2.05, 4.69) is 21.2 Å². The van der Waals surface area contributed by atoms with Crippen molar-refractivity contribution in [2.45, 2.75) is 32.9 Å². The van der Waals surface area contributed by atoms with Crippen LogP contribution < -0.4 is 10.1 Å². The highest BCUT2D eigenvalue weighted by atomic mass is 79.9. The van der Waals surface area contributed by atoms with Gasteiger partial charge in [-0.15, -0.1) is 0 Å². The number of carbonyl (C=O) groups is 2. The molecule has 0 saturated heterocycles. The Morgan fingerprint density at radius 1 is 1.03 bits per heavy atom. The predicted octanol–water partition coefficient (Wildman–Crippen LogP) is 5.57. The molecule has 1 N–H and O–H groups in total. The summed E-state index contributed by atoms with van der Waals surface area (Å²) in [4.78, 5) is 28.2. The van der Waals surface area contributed by atoms with Crippen molar-refractivity contribution < 1.29 is 14.3 Å². The minimum absolute atomic E-state index is 0.200. The molecule has 5 nitrogen and oxygen atoms in total. The first kappa shape index (κ1) is 25.8. The molecule has 1 atom stereocenters. The van der Waals surface area contributed by atoms with Crippen molar-refractivity contribution in [2.75, 3.05) is 13.2 Å². The predicted molar refractivity (Wildman–Crippen MR) is 139 cm³/mol. The lowest BCUT2D eigenvalue weighted by atomic mass is 10.0. The molecule has 3 rings (SSSR count). The van der Waals surface area contributed by atoms with Gasteiger partial charge >= 0.3 is 0 Å². The van der Waals surface area contributed by atoms with Gasteiger partial charge in [-0.2, -0.15) is 0 Å². The normalized spacial score (nSPS) is 11.5. The van der Waals surface area contributed by atoms with Crippen molar-refractivity contribution >= 4 is 39.3 Å². The maximum absolute atomic E-state index is 13.5. The molecule has 0 aliphatic heterocycles. The molecule has 0 bridgehead atoms. The van der Waals surface area contributed by atoms with Gasteiger partial charge in [0.25, 0.3) is 5.91 Å². The zero-order chi connectivity index (χ0) is 24.5. The Hall–Kier alpha value is -2.83. The van der Waals surface area contributed by atoms with Crippen molar-refractivity contribution in [3.63, 3.8) is 0 Å². The molecule has 0 fully saturated rings. The number of nitrogens with one attached hydrogen (secondary N) is 1. The van der Waals surface area contributed by atoms with Crippen LogP contribution in [0.2, 0.25) is 5.02 Å². The Morgan fingerprint density at radius 2 is 1.76 bits per heavy atom. The van der Waals surface area contributed by atoms with Crippen LogP contribution >= 0.6 is 27.5 Å². The Kier molecular flexibility index (Phi) is 9.54. The molecule has 0 spiro atoms. The maximum atomic E-state index is 13.5. The fourth-order valence-corrected chi connectivity index (χ4v) is 4.40. The van der Waals surface area contributed by atoms with Crippen LogP contribution in [0.3, 0.4) is 0 Å². The summed E-state index contributed by atoms with van der Waals surface area (Å²) < 4.78 is 6.58. The number of carbonyl (C=O) groups excluding carboxylic acids is 2. The molecule has 2 amide bonds. The molecule has 0 heterocycles. The van der Waals surface area contributed by atoms with Crippen molar-refractivity contribution in [2.24, 2.45) is 0 Å². The maximum Gasteiger partial charge on any atom is 0.261 e. The van der Waals surface area contributed by atoms with E-state index < -0.39 is 6.04 Å². The Balaban J connectivity index is 1.90. The minimum Gasteiger partial charge on any atom is -0.482 e. The van der Waals surface area contributed by atoms with Crippen molar-refractivity contribution in [3.8, 4) is 5.75 Å². The largest absolute Gasteiger partial charge is 0.482 e. The summed E-state index contributed by atoms with van der Waals surface area (Å²) in [6.07, 6.45) is 0.392. The standard InChI is InChI=1S/C27H28BrClN2O3/c1-3-30-27(33)24(15-20-9-5-4-6-10-20)31(17-21-11-7-8-19(2)14-21)26(32)18-34-25-13-12-22(28)16-23(25)29/h4-14,16,24H,3,15,17-18H2,1-2H3,(H,30,33)/t24-/m0/s1. The third kappa shape index (κ3) is 7.34. The van der Waals surface area contributed by atoms with E-state index in [1.165, 1.54) is 0 Å². The van der Waals surface area contributed by atoms with E-state index in [1.54, 1.807) is 23.1 Å². The first-order valence-corrected chi connectivity index (χ1v) is 12.3. The summed E-state index contributed by atoms with van der Waals surface area (Å²) in [7, 11) is 0. The summed E-state index contributed by atoms with van der Waals surface area (Å²) in [5.41, 5.74) is 3.00. The fraction of sp³-hybridized carbons (Fsp3) is 0.259. The van der Waals surface area contributed by atoms with Crippen LogP contribution in [-0.2, 0) is 22.6 Å². The first-order valence-electron chi connectivity index (χ1n) is 11.1. The van der Waals surface area contributed by atoms with Gasteiger partial charge in [-0.1, -0.05) is 87.7 Å². The molecule has 0 radical (unpaired) electrons. The van der Waals surface area contributed by atoms with Crippen molar-refractivity contribution in [3.05, 3.63) is 99.0 Å². The van der Waals surface area contributed by atoms with Crippen LogP contribution in [0.5, 0.6) is 5.75 Å². The lowest BCUT2D eigenvalue weighted by Crippen LogP contribution is -2.51. The summed E-state index contributed by atoms with van der Waals surface area (Å²) in [6.45, 7) is 4.38. The third-order valence-electron chi connectivity index (χ3n) is 5.30. The average Bonchev–Trinajstić information content (AvgIpc) is 2.81. The number of halogens is 2. The van der Waals surface area contributed by atoms with Crippen LogP contribution in [0, 0.1) is 6.92 Å². The highest BCUT2D eigenvalue weighted by Crippen LogP contribution is 2.28. The molecule has 3 aromatic carbocycles. The summed E-state index contributed by atoms with van der Waals surface area (Å²) in [5.74, 6) is -0.0898. The van der Waals surface area contributed by atoms with E-state index in [1.807, 2.05) is 68.4 Å². The number of likely N-dealkylation sites (N-methyl/N-ethyl adjacent to an activating group) is 1. The second-order valence-electron chi connectivity index (χ2n) is 7.97. The van der Waals surface area contributed by atoms with Gasteiger partial charge in [0.05, 0.1) is 5.02 Å². The van der Waals surface area contributed by atoms with E-state index >= 15 is 0 Å². The highest BCUT2D eigenvalue weighted by Gasteiger charge is 2.30. The second kappa shape index (κ2) is 12.6. The molecule has 0 aliphatic carbocycles. The van der Waals surface area contributed by atoms with E-state index in [0.29, 0.717) is 23.7 Å². The van der Waals surface area contributed by atoms with Gasteiger partial charge in [-0.05, 0) is 43.2 Å². The molecule has 3 aromatic rings. The quantitative estimate of drug-likeness (QED) is 0.364. The molecule has 0 unspecified atom stereocenters. The van der Waals surface area contributed by atoms with Gasteiger partial charge in [0.1, 0.15) is 11.8 Å². The molecule has 7 heteroatoms. The number of ether oxygens (including phenoxy) is 1. The van der Waals surface area contributed by atoms with E-state index in [4.69, 9.17) is 16.3 Å². The first-order chi connectivity index (χ1) is 16.4. The molecule has 0 aliphatic rings. The zero-order valence-corrected chi connectivity index (χ0v) is 21.6. The van der Waals surface area contributed by atoms with Gasteiger partial charge in [0.15, 0.2) is 6.61 Å². The summed E-state index contributed by atoms with van der Waals surface area (Å²) in [5, 5.41) is 3.29. The molecular formula is C27H28BrClN2O3. The third-order valence-corrected chi connectivity index (χ3v) is 6.09. The van der Waals surface area contributed by atoms with Crippen LogP contribution in [-0.4, -0.2) is 35.9 Å². The van der Waals surface area contributed by atoms with Crippen LogP contribution in [0.4, 0.5) is 0 Å². The lowest BCUT2D eigenvalue weighted by Gasteiger charge is -2.31. The van der Waals surface area contributed by atoms with E-state index in [0.717, 1.165) is 21.2 Å². The fourth-order valence-electron chi connectivity index (χ4n) is 3.67. The van der Waals surface area contributed by atoms with Crippen LogP contribution in [0.15, 0.2) is 77.3 Å². The monoisotopic (exact) mass is 542 g/mol. The smallest absolute Gasteiger partial charge is 0.261 e. The van der Waals surface area contributed by atoms with Crippen LogP contribution in [0.1, 0.15) is 23.6 Å². The minimum atomic E-state index is -0.695. The summed E-state index contributed by atoms with van der Waals surface area (Å²) in [6, 6.07) is 22.1. The Labute approximate surface area is 214 Å². The number of amides is 2. The highest BCUT2D eigenvalue weighted by molar-refractivity contribution is 9.10. The van der Waals surface area contributed by atoms with Crippen LogP contribution in [0.25, 0.3) is 0 Å². The molecule has 0 aromatic heterocycles. The van der Waals surface area contributed by atoms with E-state index in [9.17, 15) is 9.59 Å². The molecule has 178 valence electrons. The van der Waals surface area contributed by atoms with Crippen molar-refractivity contribution in [1.82, 2.24) is 10.2 Å². The van der Waals surface area contributed by atoms with E-state index in [-0.39, 0.29) is 25.0 Å². The Bertz CT molecular complexity index is 1120. The number of aryl methyl sites for hydroxylation is 1. The molecule has 0 saturated carbocycles. The summed E-state index contributed by atoms with van der Waals surface area (Å²) >= 11 is 9.62. The zero-order valence-electron chi connectivity index (χ0n) is 19.3. The topological polar surface area (TPSA) is 58.6 Å². The average molecular weight is 544 g/mol. The molecule has 34 heavy (non-hydrogen) atoms. The van der Waals surface area contributed by atoms with Gasteiger partial charge in [-0.25, -0.2) is 0 Å². The number of benzene rings is 3. The second-order valence-corrected chi connectivity index (χ2v) is 9.30. The number of hydrogen-bond acceptors (Lipinski definition) is 3.